The molecule has 32 heavy (non-hydrogen) atoms. The molecule has 2 N–H and O–H groups in total. The molecule has 0 saturated heterocycles. The molecule has 160 valence electrons. The normalized spacial score (nSPS) is 11.1. The molecule has 0 fully saturated rings. The number of aromatic nitrogens is 5. The summed E-state index contributed by atoms with van der Waals surface area (Å²) in [6.07, 6.45) is 9.53. The van der Waals surface area contributed by atoms with Crippen LogP contribution in [0.4, 0.5) is 5.69 Å². The first kappa shape index (κ1) is 21.0. The number of nitrogens with one attached hydrogen (secondary N) is 1. The molecule has 4 rings (SSSR count). The highest BCUT2D eigenvalue weighted by atomic mass is 16.3. The van der Waals surface area contributed by atoms with Crippen molar-refractivity contribution in [3.05, 3.63) is 83.6 Å². The smallest absolute Gasteiger partial charge is 0.163 e. The standard InChI is InChI=1S/C24H23N7O/c1-16(2)5-4-10-26-19-7-9-23-21(13-27-30(23)14-19)22-8-6-18(15-32)24(28-22)31-17(3)11-20(12-25)29-31/h4-11,13-14,26,32H,15H2,1-3H3/b10-4+. The number of rotatable bonds is 6. The number of nitriles is 1. The first-order valence-corrected chi connectivity index (χ1v) is 10.1. The minimum absolute atomic E-state index is 0.187. The SMILES string of the molecule is CC(C)=C/C=C/Nc1ccc2c(-c3ccc(CO)c(-n4nc(C#N)cc4C)n3)cnn2c1. The molecule has 0 aliphatic rings. The van der Waals surface area contributed by atoms with Gasteiger partial charge < -0.3 is 10.4 Å². The Labute approximate surface area is 185 Å². The Morgan fingerprint density at radius 2 is 2.09 bits per heavy atom. The number of anilines is 1. The molecule has 0 radical (unpaired) electrons. The molecule has 0 saturated carbocycles. The van der Waals surface area contributed by atoms with Crippen LogP contribution in [0.1, 0.15) is 30.8 Å². The van der Waals surface area contributed by atoms with Gasteiger partial charge in [0.05, 0.1) is 35.9 Å². The van der Waals surface area contributed by atoms with Gasteiger partial charge in [0.15, 0.2) is 11.5 Å². The Morgan fingerprint density at radius 1 is 1.25 bits per heavy atom. The monoisotopic (exact) mass is 425 g/mol. The van der Waals surface area contributed by atoms with Crippen LogP contribution in [0.15, 0.2) is 66.7 Å². The maximum absolute atomic E-state index is 9.80. The Hall–Kier alpha value is -4.22. The van der Waals surface area contributed by atoms with E-state index >= 15 is 0 Å². The van der Waals surface area contributed by atoms with Gasteiger partial charge in [-0.3, -0.25) is 0 Å². The molecule has 0 bridgehead atoms. The summed E-state index contributed by atoms with van der Waals surface area (Å²) < 4.78 is 3.38. The highest BCUT2D eigenvalue weighted by Gasteiger charge is 2.15. The molecule has 0 aliphatic carbocycles. The third kappa shape index (κ3) is 4.15. The minimum Gasteiger partial charge on any atom is -0.392 e. The number of aliphatic hydroxyl groups is 1. The second-order valence-corrected chi connectivity index (χ2v) is 7.59. The van der Waals surface area contributed by atoms with Gasteiger partial charge in [-0.15, -0.1) is 0 Å². The fourth-order valence-corrected chi connectivity index (χ4v) is 3.33. The Bertz CT molecular complexity index is 1380. The van der Waals surface area contributed by atoms with Crippen LogP contribution >= 0.6 is 0 Å². The Morgan fingerprint density at radius 3 is 2.81 bits per heavy atom. The lowest BCUT2D eigenvalue weighted by atomic mass is 10.1. The molecular formula is C24H23N7O. The molecule has 0 spiro atoms. The summed E-state index contributed by atoms with van der Waals surface area (Å²) >= 11 is 0. The number of pyridine rings is 2. The highest BCUT2D eigenvalue weighted by Crippen LogP contribution is 2.27. The lowest BCUT2D eigenvalue weighted by Crippen LogP contribution is -2.07. The fraction of sp³-hybridized carbons (Fsp3) is 0.167. The number of aryl methyl sites for hydroxylation is 1. The van der Waals surface area contributed by atoms with Crippen molar-refractivity contribution in [2.24, 2.45) is 0 Å². The highest BCUT2D eigenvalue weighted by molar-refractivity contribution is 5.79. The summed E-state index contributed by atoms with van der Waals surface area (Å²) in [5.74, 6) is 0.492. The molecule has 4 aromatic rings. The summed E-state index contributed by atoms with van der Waals surface area (Å²) in [5.41, 5.74) is 6.27. The summed E-state index contributed by atoms with van der Waals surface area (Å²) in [7, 11) is 0. The van der Waals surface area contributed by atoms with Gasteiger partial charge >= 0.3 is 0 Å². The lowest BCUT2D eigenvalue weighted by molar-refractivity contribution is 0.281. The molecule has 0 amide bonds. The van der Waals surface area contributed by atoms with Crippen LogP contribution in [0.2, 0.25) is 0 Å². The number of hydrogen-bond donors (Lipinski definition) is 2. The van der Waals surface area contributed by atoms with Gasteiger partial charge in [0.25, 0.3) is 0 Å². The number of fused-ring (bicyclic) bond motifs is 1. The van der Waals surface area contributed by atoms with E-state index in [0.29, 0.717) is 22.8 Å². The molecule has 8 heteroatoms. The molecule has 0 unspecified atom stereocenters. The predicted molar refractivity (Wildman–Crippen MR) is 123 cm³/mol. The van der Waals surface area contributed by atoms with Crippen molar-refractivity contribution in [3.63, 3.8) is 0 Å². The largest absolute Gasteiger partial charge is 0.392 e. The number of hydrogen-bond acceptors (Lipinski definition) is 6. The van der Waals surface area contributed by atoms with Gasteiger partial charge in [0.1, 0.15) is 6.07 Å². The fourth-order valence-electron chi connectivity index (χ4n) is 3.33. The maximum Gasteiger partial charge on any atom is 0.163 e. The second kappa shape index (κ2) is 8.88. The van der Waals surface area contributed by atoms with Crippen LogP contribution < -0.4 is 5.32 Å². The van der Waals surface area contributed by atoms with Crippen LogP contribution in [0, 0.1) is 18.3 Å². The van der Waals surface area contributed by atoms with Gasteiger partial charge in [-0.1, -0.05) is 17.7 Å². The van der Waals surface area contributed by atoms with E-state index in [4.69, 9.17) is 10.2 Å². The molecule has 0 aromatic carbocycles. The summed E-state index contributed by atoms with van der Waals surface area (Å²) in [6.45, 7) is 5.75. The molecular weight excluding hydrogens is 402 g/mol. The van der Waals surface area contributed by atoms with Gasteiger partial charge in [-0.2, -0.15) is 15.5 Å². The number of nitrogens with zero attached hydrogens (tertiary/aromatic N) is 6. The number of allylic oxidation sites excluding steroid dienone is 3. The Kier molecular flexibility index (Phi) is 5.83. The molecule has 4 heterocycles. The van der Waals surface area contributed by atoms with E-state index in [9.17, 15) is 5.11 Å². The predicted octanol–water partition coefficient (Wildman–Crippen LogP) is 4.15. The third-order valence-corrected chi connectivity index (χ3v) is 4.90. The van der Waals surface area contributed by atoms with Gasteiger partial charge in [0, 0.05) is 23.0 Å². The lowest BCUT2D eigenvalue weighted by Gasteiger charge is -2.10. The van der Waals surface area contributed by atoms with E-state index < -0.39 is 0 Å². The van der Waals surface area contributed by atoms with E-state index in [-0.39, 0.29) is 6.61 Å². The third-order valence-electron chi connectivity index (χ3n) is 4.90. The maximum atomic E-state index is 9.80. The van der Waals surface area contributed by atoms with Crippen molar-refractivity contribution in [2.45, 2.75) is 27.4 Å². The van der Waals surface area contributed by atoms with Crippen molar-refractivity contribution in [1.82, 2.24) is 24.4 Å². The summed E-state index contributed by atoms with van der Waals surface area (Å²) in [6, 6.07) is 11.4. The van der Waals surface area contributed by atoms with Crippen molar-refractivity contribution in [2.75, 3.05) is 5.32 Å². The summed E-state index contributed by atoms with van der Waals surface area (Å²) in [4.78, 5) is 4.76. The quantitative estimate of drug-likeness (QED) is 0.450. The number of aliphatic hydroxyl groups excluding tert-OH is 1. The van der Waals surface area contributed by atoms with Crippen molar-refractivity contribution < 1.29 is 5.11 Å². The van der Waals surface area contributed by atoms with E-state index in [2.05, 4.69) is 15.5 Å². The van der Waals surface area contributed by atoms with Gasteiger partial charge in [-0.05, 0) is 51.1 Å². The van der Waals surface area contributed by atoms with Crippen LogP contribution in [-0.4, -0.2) is 29.5 Å². The first-order chi connectivity index (χ1) is 15.5. The van der Waals surface area contributed by atoms with Crippen molar-refractivity contribution >= 4 is 11.2 Å². The first-order valence-electron chi connectivity index (χ1n) is 10.1. The zero-order valence-corrected chi connectivity index (χ0v) is 18.1. The zero-order chi connectivity index (χ0) is 22.7. The van der Waals surface area contributed by atoms with Crippen LogP contribution in [0.25, 0.3) is 22.6 Å². The van der Waals surface area contributed by atoms with Crippen LogP contribution in [-0.2, 0) is 6.61 Å². The topological polar surface area (TPSA) is 104 Å². The zero-order valence-electron chi connectivity index (χ0n) is 18.1. The van der Waals surface area contributed by atoms with Crippen LogP contribution in [0.3, 0.4) is 0 Å². The Balaban J connectivity index is 1.71. The van der Waals surface area contributed by atoms with E-state index in [1.165, 1.54) is 5.57 Å². The second-order valence-electron chi connectivity index (χ2n) is 7.59. The summed E-state index contributed by atoms with van der Waals surface area (Å²) in [5, 5.41) is 31.0. The average Bonchev–Trinajstić information content (AvgIpc) is 3.39. The average molecular weight is 425 g/mol. The molecule has 0 aliphatic heterocycles. The van der Waals surface area contributed by atoms with E-state index in [1.807, 2.05) is 75.7 Å². The van der Waals surface area contributed by atoms with Crippen LogP contribution in [0.5, 0.6) is 0 Å². The van der Waals surface area contributed by atoms with Crippen molar-refractivity contribution in [3.8, 4) is 23.1 Å². The molecule has 4 aromatic heterocycles. The minimum atomic E-state index is -0.187. The van der Waals surface area contributed by atoms with E-state index in [1.54, 1.807) is 21.5 Å². The van der Waals surface area contributed by atoms with E-state index in [0.717, 1.165) is 22.5 Å². The molecule has 8 nitrogen and oxygen atoms in total. The van der Waals surface area contributed by atoms with Crippen molar-refractivity contribution in [1.29, 1.82) is 5.26 Å². The molecule has 0 atom stereocenters. The van der Waals surface area contributed by atoms with Gasteiger partial charge in [-0.25, -0.2) is 14.2 Å². The van der Waals surface area contributed by atoms with Gasteiger partial charge in [0.2, 0.25) is 0 Å².